The van der Waals surface area contributed by atoms with Crippen LogP contribution in [0.25, 0.3) is 0 Å². The number of carbonyl (C=O) groups excluding carboxylic acids is 1. The van der Waals surface area contributed by atoms with Crippen molar-refractivity contribution in [3.8, 4) is 0 Å². The molecule has 0 bridgehead atoms. The van der Waals surface area contributed by atoms with Crippen molar-refractivity contribution in [2.75, 3.05) is 18.4 Å². The second kappa shape index (κ2) is 6.73. The topological polar surface area (TPSA) is 63.1 Å². The average Bonchev–Trinajstić information content (AvgIpc) is 3.04. The van der Waals surface area contributed by atoms with E-state index in [0.717, 1.165) is 51.0 Å². The number of carbonyl (C=O) groups is 1. The molecule has 1 aromatic heterocycles. The minimum absolute atomic E-state index is 0.00952. The molecule has 0 aliphatic carbocycles. The summed E-state index contributed by atoms with van der Waals surface area (Å²) in [5.74, 6) is 0.767. The number of aryl methyl sites for hydroxylation is 1. The van der Waals surface area contributed by atoms with Gasteiger partial charge >= 0.3 is 0 Å². The molecule has 1 amide bonds. The summed E-state index contributed by atoms with van der Waals surface area (Å²) < 4.78 is 1.91. The summed E-state index contributed by atoms with van der Waals surface area (Å²) in [4.78, 5) is 15.0. The van der Waals surface area contributed by atoms with Crippen LogP contribution in [0.2, 0.25) is 0 Å². The van der Waals surface area contributed by atoms with E-state index in [9.17, 15) is 4.79 Å². The van der Waals surface area contributed by atoms with Gasteiger partial charge in [-0.25, -0.2) is 0 Å². The maximum absolute atomic E-state index is 12.6. The highest BCUT2D eigenvalue weighted by Gasteiger charge is 2.31. The molecule has 3 heterocycles. The van der Waals surface area contributed by atoms with E-state index in [-0.39, 0.29) is 11.9 Å². The molecule has 1 atom stereocenters. The quantitative estimate of drug-likeness (QED) is 0.937. The lowest BCUT2D eigenvalue weighted by Crippen LogP contribution is -2.47. The number of hydrogen-bond acceptors (Lipinski definition) is 4. The zero-order chi connectivity index (χ0) is 16.4. The Labute approximate surface area is 141 Å². The molecule has 1 unspecified atom stereocenters. The lowest BCUT2D eigenvalue weighted by atomic mass is 9.94. The van der Waals surface area contributed by atoms with Gasteiger partial charge < -0.3 is 5.32 Å². The van der Waals surface area contributed by atoms with Crippen molar-refractivity contribution in [3.63, 3.8) is 0 Å². The first-order valence-electron chi connectivity index (χ1n) is 8.76. The second-order valence-electron chi connectivity index (χ2n) is 6.81. The summed E-state index contributed by atoms with van der Waals surface area (Å²) >= 11 is 0. The summed E-state index contributed by atoms with van der Waals surface area (Å²) in [6.45, 7) is 2.89. The SMILES string of the molecule is O=C1Nc2ccccc2CCC1N1CCC(Cn2ccnn2)CC1. The number of aromatic nitrogens is 3. The van der Waals surface area contributed by atoms with Crippen LogP contribution in [-0.2, 0) is 17.8 Å². The van der Waals surface area contributed by atoms with Gasteiger partial charge in [-0.2, -0.15) is 0 Å². The van der Waals surface area contributed by atoms with E-state index < -0.39 is 0 Å². The first kappa shape index (κ1) is 15.3. The smallest absolute Gasteiger partial charge is 0.241 e. The molecule has 126 valence electrons. The van der Waals surface area contributed by atoms with Crippen LogP contribution in [0, 0.1) is 5.92 Å². The van der Waals surface area contributed by atoms with E-state index in [2.05, 4.69) is 26.6 Å². The van der Waals surface area contributed by atoms with E-state index >= 15 is 0 Å². The van der Waals surface area contributed by atoms with Crippen LogP contribution in [0.4, 0.5) is 5.69 Å². The molecule has 1 fully saturated rings. The largest absolute Gasteiger partial charge is 0.324 e. The van der Waals surface area contributed by atoms with E-state index in [4.69, 9.17) is 0 Å². The summed E-state index contributed by atoms with van der Waals surface area (Å²) in [5.41, 5.74) is 2.22. The predicted molar refractivity (Wildman–Crippen MR) is 91.5 cm³/mol. The van der Waals surface area contributed by atoms with E-state index in [1.54, 1.807) is 6.20 Å². The van der Waals surface area contributed by atoms with Gasteiger partial charge in [0.25, 0.3) is 0 Å². The Morgan fingerprint density at radius 3 is 2.79 bits per heavy atom. The van der Waals surface area contributed by atoms with E-state index in [1.165, 1.54) is 5.56 Å². The molecular weight excluding hydrogens is 302 g/mol. The standard InChI is InChI=1S/C18H23N5O/c24-18-17(6-5-15-3-1-2-4-16(15)20-18)22-10-7-14(8-11-22)13-23-12-9-19-21-23/h1-4,9,12,14,17H,5-8,10-11,13H2,(H,20,24). The van der Waals surface area contributed by atoms with Crippen molar-refractivity contribution in [1.82, 2.24) is 19.9 Å². The minimum Gasteiger partial charge on any atom is -0.324 e. The first-order valence-corrected chi connectivity index (χ1v) is 8.76. The average molecular weight is 325 g/mol. The van der Waals surface area contributed by atoms with Crippen LogP contribution >= 0.6 is 0 Å². The fourth-order valence-corrected chi connectivity index (χ4v) is 3.89. The Balaban J connectivity index is 1.36. The van der Waals surface area contributed by atoms with Crippen molar-refractivity contribution in [2.24, 2.45) is 5.92 Å². The number of amides is 1. The van der Waals surface area contributed by atoms with Gasteiger partial charge in [-0.05, 0) is 56.3 Å². The molecule has 0 spiro atoms. The molecule has 1 saturated heterocycles. The van der Waals surface area contributed by atoms with Gasteiger partial charge in [0.2, 0.25) is 5.91 Å². The monoisotopic (exact) mass is 325 g/mol. The molecule has 6 heteroatoms. The van der Waals surface area contributed by atoms with Gasteiger partial charge in [-0.1, -0.05) is 23.4 Å². The lowest BCUT2D eigenvalue weighted by Gasteiger charge is -2.36. The Hall–Kier alpha value is -2.21. The summed E-state index contributed by atoms with van der Waals surface area (Å²) in [5, 5.41) is 11.0. The number of nitrogens with zero attached hydrogens (tertiary/aromatic N) is 4. The molecule has 1 N–H and O–H groups in total. The maximum atomic E-state index is 12.6. The van der Waals surface area contributed by atoms with Gasteiger partial charge in [0.15, 0.2) is 0 Å². The predicted octanol–water partition coefficient (Wildman–Crippen LogP) is 1.94. The van der Waals surface area contributed by atoms with Gasteiger partial charge in [0.05, 0.1) is 12.2 Å². The first-order chi connectivity index (χ1) is 11.8. The molecule has 1 aromatic carbocycles. The molecule has 2 aliphatic heterocycles. The molecular formula is C18H23N5O. The normalized spacial score (nSPS) is 22.7. The summed E-state index contributed by atoms with van der Waals surface area (Å²) in [7, 11) is 0. The van der Waals surface area contributed by atoms with Crippen LogP contribution in [0.15, 0.2) is 36.7 Å². The van der Waals surface area contributed by atoms with Crippen LogP contribution < -0.4 is 5.32 Å². The number of fused-ring (bicyclic) bond motifs is 1. The van der Waals surface area contributed by atoms with Crippen molar-refractivity contribution >= 4 is 11.6 Å². The van der Waals surface area contributed by atoms with E-state index in [0.29, 0.717) is 5.92 Å². The molecule has 2 aliphatic rings. The number of benzene rings is 1. The Morgan fingerprint density at radius 2 is 2.00 bits per heavy atom. The number of hydrogen-bond donors (Lipinski definition) is 1. The van der Waals surface area contributed by atoms with Gasteiger partial charge in [-0.3, -0.25) is 14.4 Å². The van der Waals surface area contributed by atoms with Crippen molar-refractivity contribution < 1.29 is 4.79 Å². The number of nitrogens with one attached hydrogen (secondary N) is 1. The number of likely N-dealkylation sites (tertiary alicyclic amines) is 1. The Kier molecular flexibility index (Phi) is 4.30. The zero-order valence-corrected chi connectivity index (χ0v) is 13.8. The lowest BCUT2D eigenvalue weighted by molar-refractivity contribution is -0.122. The number of piperidine rings is 1. The van der Waals surface area contributed by atoms with Crippen molar-refractivity contribution in [3.05, 3.63) is 42.2 Å². The minimum atomic E-state index is -0.00952. The van der Waals surface area contributed by atoms with Crippen LogP contribution in [0.1, 0.15) is 24.8 Å². The van der Waals surface area contributed by atoms with Gasteiger partial charge in [-0.15, -0.1) is 5.10 Å². The zero-order valence-electron chi connectivity index (χ0n) is 13.8. The van der Waals surface area contributed by atoms with Crippen molar-refractivity contribution in [2.45, 2.75) is 38.3 Å². The van der Waals surface area contributed by atoms with Crippen LogP contribution in [0.5, 0.6) is 0 Å². The molecule has 0 radical (unpaired) electrons. The summed E-state index contributed by atoms with van der Waals surface area (Å²) in [6.07, 6.45) is 7.72. The van der Waals surface area contributed by atoms with Gasteiger partial charge in [0, 0.05) is 18.4 Å². The molecule has 0 saturated carbocycles. The highest BCUT2D eigenvalue weighted by molar-refractivity contribution is 5.96. The van der Waals surface area contributed by atoms with Gasteiger partial charge in [0.1, 0.15) is 0 Å². The molecule has 2 aromatic rings. The third kappa shape index (κ3) is 3.19. The highest BCUT2D eigenvalue weighted by atomic mass is 16.2. The number of rotatable bonds is 3. The number of anilines is 1. The van der Waals surface area contributed by atoms with Crippen LogP contribution in [0.3, 0.4) is 0 Å². The fraction of sp³-hybridized carbons (Fsp3) is 0.500. The van der Waals surface area contributed by atoms with E-state index in [1.807, 2.05) is 29.1 Å². The second-order valence-corrected chi connectivity index (χ2v) is 6.81. The maximum Gasteiger partial charge on any atom is 0.241 e. The molecule has 6 nitrogen and oxygen atoms in total. The van der Waals surface area contributed by atoms with Crippen molar-refractivity contribution in [1.29, 1.82) is 0 Å². The summed E-state index contributed by atoms with van der Waals surface area (Å²) in [6, 6.07) is 8.13. The molecule has 24 heavy (non-hydrogen) atoms. The number of para-hydroxylation sites is 1. The molecule has 4 rings (SSSR count). The third-order valence-electron chi connectivity index (χ3n) is 5.27. The third-order valence-corrected chi connectivity index (χ3v) is 5.27. The van der Waals surface area contributed by atoms with Crippen LogP contribution in [-0.4, -0.2) is 44.9 Å². The fourth-order valence-electron chi connectivity index (χ4n) is 3.89. The Bertz CT molecular complexity index is 691. The highest BCUT2D eigenvalue weighted by Crippen LogP contribution is 2.27. The Morgan fingerprint density at radius 1 is 1.17 bits per heavy atom.